The first-order chi connectivity index (χ1) is 8.60. The summed E-state index contributed by atoms with van der Waals surface area (Å²) in [4.78, 5) is 16.4. The summed E-state index contributed by atoms with van der Waals surface area (Å²) < 4.78 is 0.995. The fourth-order valence-corrected chi connectivity index (χ4v) is 2.93. The molecule has 1 heterocycles. The highest BCUT2D eigenvalue weighted by Crippen LogP contribution is 2.35. The van der Waals surface area contributed by atoms with Gasteiger partial charge in [0.15, 0.2) is 0 Å². The quantitative estimate of drug-likeness (QED) is 0.889. The number of nitrogens with two attached hydrogens (primary N) is 1. The number of hydrogen-bond acceptors (Lipinski definition) is 4. The zero-order chi connectivity index (χ0) is 12.8. The number of anilines is 1. The summed E-state index contributed by atoms with van der Waals surface area (Å²) in [6.45, 7) is 0. The Bertz CT molecular complexity index is 621. The van der Waals surface area contributed by atoms with Crippen molar-refractivity contribution in [3.05, 3.63) is 22.7 Å². The molecule has 0 radical (unpaired) electrons. The molecule has 4 nitrogen and oxygen atoms in total. The van der Waals surface area contributed by atoms with Crippen LogP contribution in [0.4, 0.5) is 5.69 Å². The lowest BCUT2D eigenvalue weighted by Crippen LogP contribution is -2.56. The van der Waals surface area contributed by atoms with E-state index in [1.54, 1.807) is 11.6 Å². The Kier molecular flexibility index (Phi) is 2.77. The van der Waals surface area contributed by atoms with E-state index in [1.165, 1.54) is 11.3 Å². The van der Waals surface area contributed by atoms with Gasteiger partial charge >= 0.3 is 0 Å². The molecule has 2 aromatic rings. The number of aromatic nitrogens is 1. The zero-order valence-electron chi connectivity index (χ0n) is 9.57. The molecule has 1 aliphatic rings. The molecule has 3 N–H and O–H groups in total. The normalized spacial score (nSPS) is 17.4. The molecule has 0 aliphatic heterocycles. The minimum absolute atomic E-state index is 0.170. The van der Waals surface area contributed by atoms with Gasteiger partial charge in [0, 0.05) is 0 Å². The first-order valence-electron chi connectivity index (χ1n) is 5.72. The molecule has 3 rings (SSSR count). The lowest BCUT2D eigenvalue weighted by Gasteiger charge is -2.36. The van der Waals surface area contributed by atoms with Crippen LogP contribution in [0.1, 0.15) is 19.3 Å². The van der Waals surface area contributed by atoms with E-state index in [0.717, 1.165) is 29.5 Å². The van der Waals surface area contributed by atoms with Crippen molar-refractivity contribution in [2.24, 2.45) is 5.73 Å². The number of benzene rings is 1. The zero-order valence-corrected chi connectivity index (χ0v) is 11.1. The summed E-state index contributed by atoms with van der Waals surface area (Å²) in [5.74, 6) is -0.170. The molecule has 1 saturated carbocycles. The van der Waals surface area contributed by atoms with Crippen molar-refractivity contribution in [1.82, 2.24) is 4.98 Å². The molecule has 0 spiro atoms. The molecule has 18 heavy (non-hydrogen) atoms. The molecule has 1 fully saturated rings. The minimum Gasteiger partial charge on any atom is -0.321 e. The monoisotopic (exact) mass is 281 g/mol. The van der Waals surface area contributed by atoms with Gasteiger partial charge in [0.1, 0.15) is 5.52 Å². The number of rotatable bonds is 2. The second kappa shape index (κ2) is 4.19. The first kappa shape index (κ1) is 11.9. The van der Waals surface area contributed by atoms with Gasteiger partial charge in [0.2, 0.25) is 5.91 Å². The number of thiazole rings is 1. The maximum atomic E-state index is 12.1. The summed E-state index contributed by atoms with van der Waals surface area (Å²) in [6, 6.07) is 3.66. The third-order valence-electron chi connectivity index (χ3n) is 3.39. The van der Waals surface area contributed by atoms with Crippen LogP contribution in [0.25, 0.3) is 10.2 Å². The number of nitrogens with zero attached hydrogens (tertiary/aromatic N) is 1. The predicted molar refractivity (Wildman–Crippen MR) is 74.0 cm³/mol. The number of nitrogens with one attached hydrogen (secondary N) is 1. The Balaban J connectivity index is 1.96. The van der Waals surface area contributed by atoms with E-state index in [9.17, 15) is 4.79 Å². The molecular formula is C12H12ClN3OS. The Labute approximate surface area is 113 Å². The van der Waals surface area contributed by atoms with Crippen molar-refractivity contribution in [2.75, 3.05) is 5.32 Å². The summed E-state index contributed by atoms with van der Waals surface area (Å²) in [5.41, 5.74) is 8.28. The fraction of sp³-hybridized carbons (Fsp3) is 0.333. The van der Waals surface area contributed by atoms with E-state index < -0.39 is 5.54 Å². The van der Waals surface area contributed by atoms with Crippen molar-refractivity contribution in [3.8, 4) is 0 Å². The van der Waals surface area contributed by atoms with Gasteiger partial charge in [-0.3, -0.25) is 4.79 Å². The molecule has 0 atom stereocenters. The summed E-state index contributed by atoms with van der Waals surface area (Å²) in [7, 11) is 0. The Morgan fingerprint density at radius 2 is 2.28 bits per heavy atom. The number of carbonyl (C=O) groups is 1. The summed E-state index contributed by atoms with van der Waals surface area (Å²) in [5, 5.41) is 3.32. The number of halogens is 1. The molecule has 0 saturated heterocycles. The van der Waals surface area contributed by atoms with Crippen molar-refractivity contribution in [3.63, 3.8) is 0 Å². The molecule has 1 amide bonds. The standard InChI is InChI=1S/C12H12ClN3OS/c13-7-2-3-8-10(15-6-18-8)9(7)16-11(17)12(14)4-1-5-12/h2-3,6H,1,4-5,14H2,(H,16,17). The van der Waals surface area contributed by atoms with Gasteiger partial charge < -0.3 is 11.1 Å². The number of hydrogen-bond donors (Lipinski definition) is 2. The number of amides is 1. The fourth-order valence-electron chi connectivity index (χ4n) is 2.05. The van der Waals surface area contributed by atoms with Gasteiger partial charge in [-0.05, 0) is 31.4 Å². The topological polar surface area (TPSA) is 68.0 Å². The van der Waals surface area contributed by atoms with Gasteiger partial charge in [-0.1, -0.05) is 11.6 Å². The average Bonchev–Trinajstić information content (AvgIpc) is 2.78. The van der Waals surface area contributed by atoms with Crippen LogP contribution in [0, 0.1) is 0 Å². The van der Waals surface area contributed by atoms with Crippen LogP contribution < -0.4 is 11.1 Å². The van der Waals surface area contributed by atoms with E-state index in [0.29, 0.717) is 10.7 Å². The lowest BCUT2D eigenvalue weighted by molar-refractivity contribution is -0.123. The summed E-state index contributed by atoms with van der Waals surface area (Å²) >= 11 is 7.64. The molecule has 6 heteroatoms. The predicted octanol–water partition coefficient (Wildman–Crippen LogP) is 2.77. The van der Waals surface area contributed by atoms with Crippen LogP contribution in [-0.2, 0) is 4.79 Å². The van der Waals surface area contributed by atoms with Crippen LogP contribution in [0.2, 0.25) is 5.02 Å². The van der Waals surface area contributed by atoms with Crippen molar-refractivity contribution >= 4 is 44.7 Å². The van der Waals surface area contributed by atoms with E-state index in [4.69, 9.17) is 17.3 Å². The van der Waals surface area contributed by atoms with E-state index in [-0.39, 0.29) is 5.91 Å². The second-order valence-corrected chi connectivity index (χ2v) is 5.88. The van der Waals surface area contributed by atoms with Crippen LogP contribution in [-0.4, -0.2) is 16.4 Å². The molecule has 1 aromatic carbocycles. The van der Waals surface area contributed by atoms with Crippen molar-refractivity contribution in [2.45, 2.75) is 24.8 Å². The highest BCUT2D eigenvalue weighted by atomic mass is 35.5. The van der Waals surface area contributed by atoms with Crippen molar-refractivity contribution < 1.29 is 4.79 Å². The molecule has 1 aromatic heterocycles. The first-order valence-corrected chi connectivity index (χ1v) is 6.98. The van der Waals surface area contributed by atoms with Gasteiger partial charge in [-0.15, -0.1) is 11.3 Å². The van der Waals surface area contributed by atoms with E-state index in [2.05, 4.69) is 10.3 Å². The third-order valence-corrected chi connectivity index (χ3v) is 4.50. The van der Waals surface area contributed by atoms with E-state index in [1.807, 2.05) is 6.07 Å². The van der Waals surface area contributed by atoms with Gasteiger partial charge in [0.25, 0.3) is 0 Å². The number of fused-ring (bicyclic) bond motifs is 1. The van der Waals surface area contributed by atoms with Crippen LogP contribution in [0.5, 0.6) is 0 Å². The molecule has 94 valence electrons. The van der Waals surface area contributed by atoms with E-state index >= 15 is 0 Å². The largest absolute Gasteiger partial charge is 0.321 e. The second-order valence-electron chi connectivity index (χ2n) is 4.59. The van der Waals surface area contributed by atoms with Gasteiger partial charge in [0.05, 0.1) is 26.5 Å². The Morgan fingerprint density at radius 3 is 2.94 bits per heavy atom. The Morgan fingerprint density at radius 1 is 1.50 bits per heavy atom. The maximum Gasteiger partial charge on any atom is 0.244 e. The van der Waals surface area contributed by atoms with Crippen LogP contribution in [0.15, 0.2) is 17.6 Å². The van der Waals surface area contributed by atoms with Crippen molar-refractivity contribution in [1.29, 1.82) is 0 Å². The van der Waals surface area contributed by atoms with Crippen LogP contribution in [0.3, 0.4) is 0 Å². The average molecular weight is 282 g/mol. The smallest absolute Gasteiger partial charge is 0.244 e. The minimum atomic E-state index is -0.735. The molecule has 1 aliphatic carbocycles. The SMILES string of the molecule is NC1(C(=O)Nc2c(Cl)ccc3scnc23)CCC1. The summed E-state index contributed by atoms with van der Waals surface area (Å²) in [6.07, 6.45) is 2.45. The van der Waals surface area contributed by atoms with Crippen LogP contribution >= 0.6 is 22.9 Å². The highest BCUT2D eigenvalue weighted by Gasteiger charge is 2.40. The van der Waals surface area contributed by atoms with Gasteiger partial charge in [-0.2, -0.15) is 0 Å². The number of carbonyl (C=O) groups excluding carboxylic acids is 1. The Hall–Kier alpha value is -1.17. The molecular weight excluding hydrogens is 270 g/mol. The third kappa shape index (κ3) is 1.79. The molecule has 0 bridgehead atoms. The van der Waals surface area contributed by atoms with Gasteiger partial charge in [-0.25, -0.2) is 4.98 Å². The lowest BCUT2D eigenvalue weighted by atomic mass is 9.77. The maximum absolute atomic E-state index is 12.1. The molecule has 0 unspecified atom stereocenters. The highest BCUT2D eigenvalue weighted by molar-refractivity contribution is 7.16.